The number of carbonyl (C=O) groups excluding carboxylic acids is 1. The fourth-order valence-electron chi connectivity index (χ4n) is 2.70. The molecule has 1 saturated heterocycles. The molecule has 1 heterocycles. The van der Waals surface area contributed by atoms with E-state index >= 15 is 0 Å². The third-order valence-corrected chi connectivity index (χ3v) is 3.98. The normalized spacial score (nSPS) is 18.3. The van der Waals surface area contributed by atoms with E-state index in [4.69, 9.17) is 5.11 Å². The maximum atomic E-state index is 12.4. The largest absolute Gasteiger partial charge is 0.465 e. The maximum Gasteiger partial charge on any atom is 0.406 e. The Hall–Kier alpha value is -2.12. The number of likely N-dealkylation sites (N-methyl/N-ethyl adjacent to an activating group) is 1. The van der Waals surface area contributed by atoms with Gasteiger partial charge in [0.05, 0.1) is 6.42 Å². The third kappa shape index (κ3) is 5.22. The molecular weight excluding hydrogens is 298 g/mol. The van der Waals surface area contributed by atoms with Gasteiger partial charge < -0.3 is 20.0 Å². The minimum atomic E-state index is -1.81. The second-order valence-corrected chi connectivity index (χ2v) is 5.98. The molecule has 2 rings (SSSR count). The van der Waals surface area contributed by atoms with Crippen molar-refractivity contribution < 1.29 is 19.8 Å². The second-order valence-electron chi connectivity index (χ2n) is 5.98. The van der Waals surface area contributed by atoms with E-state index in [2.05, 4.69) is 10.2 Å². The SMILES string of the molecule is CN1CCN(C(=O)CC(O)(Cc2ccccc2)NC(=O)O)CC1. The summed E-state index contributed by atoms with van der Waals surface area (Å²) in [5.74, 6) is -0.245. The van der Waals surface area contributed by atoms with Crippen molar-refractivity contribution in [2.75, 3.05) is 33.2 Å². The molecular formula is C16H23N3O4. The molecule has 3 N–H and O–H groups in total. The standard InChI is InChI=1S/C16H23N3O4/c1-18-7-9-19(10-8-18)14(20)12-16(23,17-15(21)22)11-13-5-3-2-4-6-13/h2-6,17,23H,7-12H2,1H3,(H,21,22). The molecule has 2 amide bonds. The van der Waals surface area contributed by atoms with Crippen LogP contribution >= 0.6 is 0 Å². The molecule has 1 atom stereocenters. The van der Waals surface area contributed by atoms with Gasteiger partial charge in [-0.3, -0.25) is 10.1 Å². The van der Waals surface area contributed by atoms with Crippen LogP contribution in [0.4, 0.5) is 4.79 Å². The lowest BCUT2D eigenvalue weighted by Crippen LogP contribution is -2.55. The number of nitrogens with one attached hydrogen (secondary N) is 1. The molecule has 7 heteroatoms. The van der Waals surface area contributed by atoms with Crippen LogP contribution in [0.3, 0.4) is 0 Å². The van der Waals surface area contributed by atoms with E-state index < -0.39 is 11.8 Å². The zero-order valence-electron chi connectivity index (χ0n) is 13.2. The molecule has 7 nitrogen and oxygen atoms in total. The number of hydrogen-bond donors (Lipinski definition) is 3. The van der Waals surface area contributed by atoms with E-state index in [1.54, 1.807) is 29.2 Å². The van der Waals surface area contributed by atoms with E-state index in [-0.39, 0.29) is 18.7 Å². The van der Waals surface area contributed by atoms with Crippen molar-refractivity contribution in [3.05, 3.63) is 35.9 Å². The van der Waals surface area contributed by atoms with Crippen LogP contribution in [0.15, 0.2) is 30.3 Å². The quantitative estimate of drug-likeness (QED) is 0.681. The molecule has 1 aromatic rings. The van der Waals surface area contributed by atoms with Gasteiger partial charge in [0, 0.05) is 32.6 Å². The number of rotatable bonds is 5. The first-order valence-corrected chi connectivity index (χ1v) is 7.62. The average Bonchev–Trinajstić information content (AvgIpc) is 2.47. The van der Waals surface area contributed by atoms with Gasteiger partial charge in [0.15, 0.2) is 5.72 Å². The van der Waals surface area contributed by atoms with Gasteiger partial charge in [-0.15, -0.1) is 0 Å². The number of nitrogens with zero attached hydrogens (tertiary/aromatic N) is 2. The van der Waals surface area contributed by atoms with Gasteiger partial charge in [0.2, 0.25) is 5.91 Å². The van der Waals surface area contributed by atoms with Crippen LogP contribution in [0.25, 0.3) is 0 Å². The van der Waals surface area contributed by atoms with Crippen LogP contribution in [0.2, 0.25) is 0 Å². The highest BCUT2D eigenvalue weighted by atomic mass is 16.4. The van der Waals surface area contributed by atoms with Gasteiger partial charge in [-0.1, -0.05) is 30.3 Å². The Labute approximate surface area is 135 Å². The Balaban J connectivity index is 2.05. The summed E-state index contributed by atoms with van der Waals surface area (Å²) < 4.78 is 0. The lowest BCUT2D eigenvalue weighted by Gasteiger charge is -2.35. The Morgan fingerprint density at radius 3 is 2.35 bits per heavy atom. The molecule has 1 aliphatic rings. The summed E-state index contributed by atoms with van der Waals surface area (Å²) >= 11 is 0. The zero-order chi connectivity index (χ0) is 16.9. The highest BCUT2D eigenvalue weighted by molar-refractivity contribution is 5.78. The topological polar surface area (TPSA) is 93.1 Å². The Kier molecular flexibility index (Phi) is 5.57. The number of carboxylic acid groups (broad SMARTS) is 1. The summed E-state index contributed by atoms with van der Waals surface area (Å²) in [5.41, 5.74) is -1.05. The summed E-state index contributed by atoms with van der Waals surface area (Å²) in [5, 5.41) is 21.7. The van der Waals surface area contributed by atoms with Crippen molar-refractivity contribution in [2.45, 2.75) is 18.6 Å². The molecule has 1 aliphatic heterocycles. The van der Waals surface area contributed by atoms with Crippen molar-refractivity contribution in [1.82, 2.24) is 15.1 Å². The molecule has 0 saturated carbocycles. The lowest BCUT2D eigenvalue weighted by molar-refractivity contribution is -0.139. The monoisotopic (exact) mass is 321 g/mol. The minimum Gasteiger partial charge on any atom is -0.465 e. The fraction of sp³-hybridized carbons (Fsp3) is 0.500. The van der Waals surface area contributed by atoms with Crippen molar-refractivity contribution in [1.29, 1.82) is 0 Å². The summed E-state index contributed by atoms with van der Waals surface area (Å²) in [4.78, 5) is 27.2. The van der Waals surface area contributed by atoms with Gasteiger partial charge in [0.25, 0.3) is 0 Å². The summed E-state index contributed by atoms with van der Waals surface area (Å²) in [6.07, 6.45) is -1.59. The van der Waals surface area contributed by atoms with Crippen LogP contribution in [-0.4, -0.2) is 71.0 Å². The first-order valence-electron chi connectivity index (χ1n) is 7.62. The minimum absolute atomic E-state index is 0.0413. The van der Waals surface area contributed by atoms with Crippen molar-refractivity contribution >= 4 is 12.0 Å². The zero-order valence-corrected chi connectivity index (χ0v) is 13.2. The molecule has 1 fully saturated rings. The lowest BCUT2D eigenvalue weighted by atomic mass is 9.98. The Morgan fingerprint density at radius 2 is 1.78 bits per heavy atom. The van der Waals surface area contributed by atoms with Gasteiger partial charge in [-0.2, -0.15) is 0 Å². The van der Waals surface area contributed by atoms with Gasteiger partial charge in [0.1, 0.15) is 0 Å². The van der Waals surface area contributed by atoms with E-state index in [0.29, 0.717) is 13.1 Å². The van der Waals surface area contributed by atoms with Crippen LogP contribution in [0.5, 0.6) is 0 Å². The van der Waals surface area contributed by atoms with Crippen LogP contribution in [-0.2, 0) is 11.2 Å². The Bertz CT molecular complexity index is 544. The van der Waals surface area contributed by atoms with Crippen molar-refractivity contribution in [3.63, 3.8) is 0 Å². The average molecular weight is 321 g/mol. The number of benzene rings is 1. The second kappa shape index (κ2) is 7.43. The van der Waals surface area contributed by atoms with Gasteiger partial charge >= 0.3 is 6.09 Å². The predicted octanol–water partition coefficient (Wildman–Crippen LogP) is 0.349. The van der Waals surface area contributed by atoms with E-state index in [1.807, 2.05) is 13.1 Å². The first-order chi connectivity index (χ1) is 10.9. The summed E-state index contributed by atoms with van der Waals surface area (Å²) in [6, 6.07) is 9.02. The highest BCUT2D eigenvalue weighted by Crippen LogP contribution is 2.17. The Morgan fingerprint density at radius 1 is 1.17 bits per heavy atom. The molecule has 1 unspecified atom stereocenters. The number of carbonyl (C=O) groups is 2. The fourth-order valence-corrected chi connectivity index (χ4v) is 2.70. The molecule has 0 radical (unpaired) electrons. The molecule has 1 aromatic carbocycles. The molecule has 0 bridgehead atoms. The summed E-state index contributed by atoms with van der Waals surface area (Å²) in [7, 11) is 1.99. The molecule has 0 aliphatic carbocycles. The third-order valence-electron chi connectivity index (χ3n) is 3.98. The molecule has 23 heavy (non-hydrogen) atoms. The van der Waals surface area contributed by atoms with E-state index in [1.165, 1.54) is 0 Å². The number of amides is 2. The molecule has 0 aromatic heterocycles. The number of aliphatic hydroxyl groups is 1. The summed E-state index contributed by atoms with van der Waals surface area (Å²) in [6.45, 7) is 2.72. The van der Waals surface area contributed by atoms with Crippen molar-refractivity contribution in [2.24, 2.45) is 0 Å². The van der Waals surface area contributed by atoms with E-state index in [0.717, 1.165) is 18.7 Å². The van der Waals surface area contributed by atoms with Gasteiger partial charge in [-0.25, -0.2) is 4.79 Å². The van der Waals surface area contributed by atoms with E-state index in [9.17, 15) is 14.7 Å². The smallest absolute Gasteiger partial charge is 0.406 e. The molecule has 0 spiro atoms. The highest BCUT2D eigenvalue weighted by Gasteiger charge is 2.34. The predicted molar refractivity (Wildman–Crippen MR) is 85.0 cm³/mol. The van der Waals surface area contributed by atoms with Crippen LogP contribution < -0.4 is 5.32 Å². The first kappa shape index (κ1) is 17.2. The van der Waals surface area contributed by atoms with Crippen molar-refractivity contribution in [3.8, 4) is 0 Å². The maximum absolute atomic E-state index is 12.4. The van der Waals surface area contributed by atoms with Gasteiger partial charge in [-0.05, 0) is 12.6 Å². The number of piperazine rings is 1. The van der Waals surface area contributed by atoms with Crippen LogP contribution in [0.1, 0.15) is 12.0 Å². The molecule has 126 valence electrons. The number of hydrogen-bond acceptors (Lipinski definition) is 4. The van der Waals surface area contributed by atoms with Crippen LogP contribution in [0, 0.1) is 0 Å².